The third-order valence-electron chi connectivity index (χ3n) is 6.83. The van der Waals surface area contributed by atoms with Crippen LogP contribution in [-0.4, -0.2) is 58.0 Å². The summed E-state index contributed by atoms with van der Waals surface area (Å²) in [4.78, 5) is 35.2. The zero-order valence-electron chi connectivity index (χ0n) is 22.7. The Balaban J connectivity index is 1.28. The molecule has 3 heterocycles. The summed E-state index contributed by atoms with van der Waals surface area (Å²) in [6.45, 7) is 3.93. The molecule has 5 rings (SSSR count). The first-order valence-electron chi connectivity index (χ1n) is 13.1. The number of carbonyl (C=O) groups excluding carboxylic acids is 2. The summed E-state index contributed by atoms with van der Waals surface area (Å²) in [6, 6.07) is 13.0. The van der Waals surface area contributed by atoms with Gasteiger partial charge in [0.2, 0.25) is 11.9 Å². The lowest BCUT2D eigenvalue weighted by molar-refractivity contribution is -0.127. The molecule has 208 valence electrons. The van der Waals surface area contributed by atoms with Gasteiger partial charge in [-0.15, -0.1) is 0 Å². The van der Waals surface area contributed by atoms with Crippen molar-refractivity contribution < 1.29 is 19.1 Å². The smallest absolute Gasteiger partial charge is 0.270 e. The summed E-state index contributed by atoms with van der Waals surface area (Å²) in [7, 11) is 3.51. The van der Waals surface area contributed by atoms with Crippen molar-refractivity contribution in [3.05, 3.63) is 64.4 Å². The lowest BCUT2D eigenvalue weighted by Crippen LogP contribution is -2.30. The lowest BCUT2D eigenvalue weighted by atomic mass is 10.2. The molecule has 1 aliphatic heterocycles. The number of likely N-dealkylation sites (tertiary alicyclic amines) is 1. The Labute approximate surface area is 240 Å². The number of nitrogens with zero attached hydrogens (tertiary/aromatic N) is 4. The summed E-state index contributed by atoms with van der Waals surface area (Å²) in [5.41, 5.74) is 3.87. The monoisotopic (exact) mass is 606 g/mol. The van der Waals surface area contributed by atoms with Crippen LogP contribution >= 0.6 is 15.9 Å². The van der Waals surface area contributed by atoms with Gasteiger partial charge < -0.3 is 29.6 Å². The predicted octanol–water partition coefficient (Wildman–Crippen LogP) is 5.33. The number of halogens is 1. The minimum Gasteiger partial charge on any atom is -0.493 e. The van der Waals surface area contributed by atoms with Gasteiger partial charge in [0.15, 0.2) is 11.5 Å². The van der Waals surface area contributed by atoms with E-state index in [1.807, 2.05) is 53.8 Å². The zero-order chi connectivity index (χ0) is 28.2. The second-order valence-electron chi connectivity index (χ2n) is 9.65. The van der Waals surface area contributed by atoms with Crippen LogP contribution in [0, 0.1) is 6.92 Å². The van der Waals surface area contributed by atoms with Crippen molar-refractivity contribution in [2.24, 2.45) is 7.05 Å². The Morgan fingerprint density at radius 2 is 2.00 bits per heavy atom. The van der Waals surface area contributed by atoms with Gasteiger partial charge in [0.05, 0.1) is 18.1 Å². The van der Waals surface area contributed by atoms with Gasteiger partial charge in [-0.1, -0.05) is 15.9 Å². The number of fused-ring (bicyclic) bond motifs is 1. The third kappa shape index (κ3) is 6.04. The standard InChI is InChI=1S/C29H31BrN6O4/c1-18-14-19(7-8-21(18)30)33-29-34-22-16-26(25(39-3)17-24(22)35(29)2)40-20-9-11-31-23(15-20)28(38)32-10-5-13-36-12-4-6-27(36)37/h7-9,11,14-17H,4-6,10,12-13H2,1-3H3,(H,32,38)(H,33,34). The molecular formula is C29H31BrN6O4. The number of nitrogens with one attached hydrogen (secondary N) is 2. The molecule has 0 bridgehead atoms. The van der Waals surface area contributed by atoms with E-state index in [2.05, 4.69) is 31.5 Å². The van der Waals surface area contributed by atoms with Crippen LogP contribution in [0.3, 0.4) is 0 Å². The van der Waals surface area contributed by atoms with Crippen molar-refractivity contribution in [2.75, 3.05) is 32.1 Å². The number of ether oxygens (including phenoxy) is 2. The molecule has 11 heteroatoms. The van der Waals surface area contributed by atoms with Gasteiger partial charge in [-0.2, -0.15) is 0 Å². The topological polar surface area (TPSA) is 111 Å². The van der Waals surface area contributed by atoms with Crippen LogP contribution in [0.25, 0.3) is 11.0 Å². The van der Waals surface area contributed by atoms with Gasteiger partial charge in [0.1, 0.15) is 11.4 Å². The summed E-state index contributed by atoms with van der Waals surface area (Å²) in [5.74, 6) is 1.99. The second kappa shape index (κ2) is 12.0. The normalized spacial score (nSPS) is 13.1. The number of hydrogen-bond donors (Lipinski definition) is 2. The second-order valence-corrected chi connectivity index (χ2v) is 10.5. The molecule has 4 aromatic rings. The van der Waals surface area contributed by atoms with Gasteiger partial charge in [0, 0.05) is 67.7 Å². The Morgan fingerprint density at radius 3 is 2.75 bits per heavy atom. The van der Waals surface area contributed by atoms with E-state index in [0.717, 1.165) is 39.7 Å². The molecule has 0 saturated carbocycles. The molecular weight excluding hydrogens is 576 g/mol. The highest BCUT2D eigenvalue weighted by Crippen LogP contribution is 2.36. The molecule has 40 heavy (non-hydrogen) atoms. The molecule has 0 radical (unpaired) electrons. The Morgan fingerprint density at radius 1 is 1.15 bits per heavy atom. The summed E-state index contributed by atoms with van der Waals surface area (Å²) < 4.78 is 14.7. The zero-order valence-corrected chi connectivity index (χ0v) is 24.2. The lowest BCUT2D eigenvalue weighted by Gasteiger charge is -2.15. The molecule has 2 aromatic carbocycles. The molecule has 0 aliphatic carbocycles. The molecule has 1 saturated heterocycles. The van der Waals surface area contributed by atoms with Crippen molar-refractivity contribution in [1.29, 1.82) is 0 Å². The molecule has 0 atom stereocenters. The average Bonchev–Trinajstić information content (AvgIpc) is 3.49. The number of pyridine rings is 1. The highest BCUT2D eigenvalue weighted by atomic mass is 79.9. The van der Waals surface area contributed by atoms with Crippen LogP contribution in [0.4, 0.5) is 11.6 Å². The van der Waals surface area contributed by atoms with E-state index in [9.17, 15) is 9.59 Å². The largest absolute Gasteiger partial charge is 0.493 e. The van der Waals surface area contributed by atoms with Crippen molar-refractivity contribution >= 4 is 50.4 Å². The highest BCUT2D eigenvalue weighted by molar-refractivity contribution is 9.10. The number of hydrogen-bond acceptors (Lipinski definition) is 7. The van der Waals surface area contributed by atoms with Gasteiger partial charge in [-0.25, -0.2) is 4.98 Å². The molecule has 0 unspecified atom stereocenters. The van der Waals surface area contributed by atoms with Crippen LogP contribution in [0.2, 0.25) is 0 Å². The minimum atomic E-state index is -0.302. The average molecular weight is 608 g/mol. The molecule has 2 amide bonds. The number of anilines is 2. The van der Waals surface area contributed by atoms with Crippen molar-refractivity contribution in [2.45, 2.75) is 26.2 Å². The number of carbonyl (C=O) groups is 2. The van der Waals surface area contributed by atoms with E-state index in [-0.39, 0.29) is 17.5 Å². The highest BCUT2D eigenvalue weighted by Gasteiger charge is 2.19. The number of methoxy groups -OCH3 is 1. The maximum Gasteiger partial charge on any atom is 0.270 e. The van der Waals surface area contributed by atoms with Crippen LogP contribution in [-0.2, 0) is 11.8 Å². The number of aryl methyl sites for hydroxylation is 2. The molecule has 1 fully saturated rings. The number of imidazole rings is 1. The van der Waals surface area contributed by atoms with E-state index in [4.69, 9.17) is 14.5 Å². The fourth-order valence-corrected chi connectivity index (χ4v) is 4.88. The van der Waals surface area contributed by atoms with Gasteiger partial charge in [-0.3, -0.25) is 14.6 Å². The van der Waals surface area contributed by atoms with Crippen molar-refractivity contribution in [3.8, 4) is 17.2 Å². The van der Waals surface area contributed by atoms with Crippen LogP contribution in [0.15, 0.2) is 53.1 Å². The van der Waals surface area contributed by atoms with Gasteiger partial charge in [-0.05, 0) is 49.6 Å². The Bertz CT molecular complexity index is 1570. The fraction of sp³-hybridized carbons (Fsp3) is 0.310. The Kier molecular flexibility index (Phi) is 8.20. The first-order valence-corrected chi connectivity index (χ1v) is 13.9. The maximum absolute atomic E-state index is 12.7. The van der Waals surface area contributed by atoms with E-state index in [1.165, 1.54) is 6.20 Å². The number of benzene rings is 2. The SMILES string of the molecule is COc1cc2c(cc1Oc1ccnc(C(=O)NCCCN3CCCC3=O)c1)nc(Nc1ccc(Br)c(C)c1)n2C. The summed E-state index contributed by atoms with van der Waals surface area (Å²) >= 11 is 3.53. The van der Waals surface area contributed by atoms with E-state index in [0.29, 0.717) is 49.1 Å². The fourth-order valence-electron chi connectivity index (χ4n) is 4.63. The van der Waals surface area contributed by atoms with Crippen LogP contribution < -0.4 is 20.1 Å². The van der Waals surface area contributed by atoms with E-state index >= 15 is 0 Å². The number of aromatic nitrogens is 3. The Hall–Kier alpha value is -4.12. The minimum absolute atomic E-state index is 0.185. The molecule has 2 aromatic heterocycles. The molecule has 0 spiro atoms. The quantitative estimate of drug-likeness (QED) is 0.235. The van der Waals surface area contributed by atoms with Crippen molar-refractivity contribution in [1.82, 2.24) is 24.8 Å². The van der Waals surface area contributed by atoms with Crippen LogP contribution in [0.1, 0.15) is 35.3 Å². The van der Waals surface area contributed by atoms with Crippen LogP contribution in [0.5, 0.6) is 17.2 Å². The molecule has 1 aliphatic rings. The first kappa shape index (κ1) is 27.4. The summed E-state index contributed by atoms with van der Waals surface area (Å²) in [6.07, 6.45) is 3.74. The number of rotatable bonds is 10. The molecule has 2 N–H and O–H groups in total. The third-order valence-corrected chi connectivity index (χ3v) is 7.72. The number of amides is 2. The first-order chi connectivity index (χ1) is 19.3. The van der Waals surface area contributed by atoms with Gasteiger partial charge >= 0.3 is 0 Å². The van der Waals surface area contributed by atoms with E-state index < -0.39 is 0 Å². The van der Waals surface area contributed by atoms with E-state index in [1.54, 1.807) is 19.2 Å². The predicted molar refractivity (Wildman–Crippen MR) is 157 cm³/mol. The molecule has 10 nitrogen and oxygen atoms in total. The van der Waals surface area contributed by atoms with Crippen molar-refractivity contribution in [3.63, 3.8) is 0 Å². The maximum atomic E-state index is 12.7. The van der Waals surface area contributed by atoms with Gasteiger partial charge in [0.25, 0.3) is 5.91 Å². The summed E-state index contributed by atoms with van der Waals surface area (Å²) in [5, 5.41) is 6.24.